The molecule has 0 bridgehead atoms. The minimum atomic E-state index is -1.47. The van der Waals surface area contributed by atoms with Crippen LogP contribution in [0.4, 0.5) is 0 Å². The van der Waals surface area contributed by atoms with Crippen molar-refractivity contribution in [3.05, 3.63) is 45.0 Å². The van der Waals surface area contributed by atoms with Gasteiger partial charge in [-0.15, -0.1) is 0 Å². The molecule has 0 atom stereocenters. The van der Waals surface area contributed by atoms with Gasteiger partial charge in [0.15, 0.2) is 0 Å². The van der Waals surface area contributed by atoms with E-state index in [4.69, 9.17) is 0 Å². The molecule has 0 saturated carbocycles. The summed E-state index contributed by atoms with van der Waals surface area (Å²) in [6.45, 7) is 0. The highest BCUT2D eigenvalue weighted by molar-refractivity contribution is 6.24. The first kappa shape index (κ1) is 28.4. The zero-order chi connectivity index (χ0) is 27.0. The Morgan fingerprint density at radius 1 is 0.400 bits per heavy atom. The van der Waals surface area contributed by atoms with E-state index in [2.05, 4.69) is 33.2 Å². The van der Waals surface area contributed by atoms with Gasteiger partial charge in [0, 0.05) is 5.57 Å². The van der Waals surface area contributed by atoms with Crippen LogP contribution in [-0.4, -0.2) is 85.6 Å². The maximum absolute atomic E-state index is 12.9. The molecule has 0 aromatic rings. The van der Waals surface area contributed by atoms with E-state index in [-0.39, 0.29) is 0 Å². The second kappa shape index (κ2) is 12.0. The van der Waals surface area contributed by atoms with Crippen LogP contribution in [0, 0.1) is 0 Å². The van der Waals surface area contributed by atoms with Gasteiger partial charge >= 0.3 is 35.8 Å². The Balaban J connectivity index is 4.90. The van der Waals surface area contributed by atoms with Gasteiger partial charge in [-0.05, 0) is 7.11 Å². The Hall–Kier alpha value is -4.62. The predicted molar refractivity (Wildman–Crippen MR) is 107 cm³/mol. The summed E-state index contributed by atoms with van der Waals surface area (Å²) in [6, 6.07) is 0. The van der Waals surface area contributed by atoms with Crippen LogP contribution in [0.5, 0.6) is 0 Å². The van der Waals surface area contributed by atoms with Crippen LogP contribution in [0.25, 0.3) is 0 Å². The van der Waals surface area contributed by atoms with E-state index in [0.717, 1.165) is 49.8 Å². The van der Waals surface area contributed by atoms with Crippen LogP contribution in [-0.2, 0) is 61.9 Å². The van der Waals surface area contributed by atoms with Crippen molar-refractivity contribution < 1.29 is 67.0 Å². The number of methoxy groups -OCH3 is 7. The van der Waals surface area contributed by atoms with Crippen molar-refractivity contribution in [2.24, 2.45) is 0 Å². The average Bonchev–Trinajstić information content (AvgIpc) is 3.02. The molecule has 0 saturated heterocycles. The van der Waals surface area contributed by atoms with Crippen LogP contribution in [0.2, 0.25) is 0 Å². The van der Waals surface area contributed by atoms with Crippen LogP contribution in [0.1, 0.15) is 0 Å². The van der Waals surface area contributed by atoms with Crippen molar-refractivity contribution in [3.8, 4) is 0 Å². The zero-order valence-corrected chi connectivity index (χ0v) is 19.7. The first-order valence-electron chi connectivity index (χ1n) is 9.22. The molecule has 0 amide bonds. The molecule has 0 aromatic heterocycles. The summed E-state index contributed by atoms with van der Waals surface area (Å²) in [4.78, 5) is 77.3. The molecule has 1 aliphatic rings. The molecule has 14 nitrogen and oxygen atoms in total. The third-order valence-electron chi connectivity index (χ3n) is 4.48. The lowest BCUT2D eigenvalue weighted by atomic mass is 9.91. The summed E-state index contributed by atoms with van der Waals surface area (Å²) in [7, 11) is 5.90. The minimum absolute atomic E-state index is 0.843. The van der Waals surface area contributed by atoms with E-state index in [9.17, 15) is 33.9 Å². The molecule has 0 spiro atoms. The van der Waals surface area contributed by atoms with E-state index in [1.165, 1.54) is 0 Å². The lowest BCUT2D eigenvalue weighted by Crippen LogP contribution is -2.25. The Morgan fingerprint density at radius 2 is 0.600 bits per heavy atom. The van der Waals surface area contributed by atoms with Gasteiger partial charge in [-0.3, -0.25) is 0 Å². The molecule has 35 heavy (non-hydrogen) atoms. The molecule has 0 N–H and O–H groups in total. The van der Waals surface area contributed by atoms with E-state index >= 15 is 0 Å². The number of hydrogen-bond acceptors (Lipinski definition) is 14. The average molecular weight is 497 g/mol. The number of carbonyl (C=O) groups is 6. The molecule has 0 radical (unpaired) electrons. The van der Waals surface area contributed by atoms with Crippen molar-refractivity contribution in [1.29, 1.82) is 0 Å². The number of rotatable bonds is 7. The fourth-order valence-electron chi connectivity index (χ4n) is 3.02. The SMILES string of the molecule is COC(=O)C1=C(C(=O)OC)C(C(=O)OC)=C(C(=O)OC)C(C(=O)OC)=C(C(=O)OC)C1=C([O-])OC. The van der Waals surface area contributed by atoms with Gasteiger partial charge < -0.3 is 38.3 Å². The molecule has 0 aliphatic heterocycles. The van der Waals surface area contributed by atoms with E-state index in [1.807, 2.05) is 0 Å². The highest BCUT2D eigenvalue weighted by Gasteiger charge is 2.46. The van der Waals surface area contributed by atoms with Gasteiger partial charge in [0.1, 0.15) is 0 Å². The van der Waals surface area contributed by atoms with Gasteiger partial charge in [-0.2, -0.15) is 0 Å². The van der Waals surface area contributed by atoms with Crippen LogP contribution in [0.3, 0.4) is 0 Å². The summed E-state index contributed by atoms with van der Waals surface area (Å²) in [5.41, 5.74) is -7.54. The summed E-state index contributed by atoms with van der Waals surface area (Å²) in [6.07, 6.45) is 0. The predicted octanol–water partition coefficient (Wildman–Crippen LogP) is -1.85. The fraction of sp³-hybridized carbons (Fsp3) is 0.333. The minimum Gasteiger partial charge on any atom is -0.616 e. The second-order valence-electron chi connectivity index (χ2n) is 6.07. The van der Waals surface area contributed by atoms with E-state index in [0.29, 0.717) is 0 Å². The van der Waals surface area contributed by atoms with Crippen molar-refractivity contribution in [2.45, 2.75) is 0 Å². The molecule has 1 rings (SSSR count). The Labute approximate surface area is 198 Å². The lowest BCUT2D eigenvalue weighted by molar-refractivity contribution is -0.354. The number of esters is 6. The maximum Gasteiger partial charge on any atom is 0.339 e. The standard InChI is InChI=1S/C21H22O14/c1-29-15(22)8-9(16(23)30-2)11(18(25)32-4)13(20(27)34-6)14(21(28)35-7)12(19(26)33-5)10(8)17(24)31-3/h22H,1-7H3/p-1. The topological polar surface area (TPSA) is 190 Å². The van der Waals surface area contributed by atoms with Crippen LogP contribution in [0.15, 0.2) is 45.0 Å². The Morgan fingerprint density at radius 3 is 0.800 bits per heavy atom. The van der Waals surface area contributed by atoms with Crippen LogP contribution < -0.4 is 5.11 Å². The summed E-state index contributed by atoms with van der Waals surface area (Å²) in [5, 5.41) is 12.9. The van der Waals surface area contributed by atoms with E-state index < -0.39 is 80.8 Å². The van der Waals surface area contributed by atoms with Gasteiger partial charge in [0.25, 0.3) is 0 Å². The summed E-state index contributed by atoms with van der Waals surface area (Å²) in [5.74, 6) is -10.3. The number of hydrogen-bond donors (Lipinski definition) is 0. The molecule has 14 heteroatoms. The van der Waals surface area contributed by atoms with Crippen molar-refractivity contribution >= 4 is 35.8 Å². The first-order valence-corrected chi connectivity index (χ1v) is 9.22. The van der Waals surface area contributed by atoms with Crippen molar-refractivity contribution in [3.63, 3.8) is 0 Å². The fourth-order valence-corrected chi connectivity index (χ4v) is 3.02. The highest BCUT2D eigenvalue weighted by Crippen LogP contribution is 2.40. The smallest absolute Gasteiger partial charge is 0.339 e. The lowest BCUT2D eigenvalue weighted by Gasteiger charge is -2.21. The molecule has 0 unspecified atom stereocenters. The third kappa shape index (κ3) is 5.15. The largest absolute Gasteiger partial charge is 0.616 e. The monoisotopic (exact) mass is 497 g/mol. The molecular weight excluding hydrogens is 476 g/mol. The molecule has 0 heterocycles. The van der Waals surface area contributed by atoms with E-state index in [1.54, 1.807) is 0 Å². The van der Waals surface area contributed by atoms with Gasteiger partial charge in [0.05, 0.1) is 82.0 Å². The normalized spacial score (nSPS) is 13.4. The summed E-state index contributed by atoms with van der Waals surface area (Å²) < 4.78 is 32.5. The van der Waals surface area contributed by atoms with Crippen LogP contribution >= 0.6 is 0 Å². The quantitative estimate of drug-likeness (QED) is 0.216. The zero-order valence-electron chi connectivity index (χ0n) is 19.7. The summed E-state index contributed by atoms with van der Waals surface area (Å²) >= 11 is 0. The number of carbonyl (C=O) groups excluding carboxylic acids is 6. The molecule has 1 aliphatic carbocycles. The molecule has 0 aromatic carbocycles. The molecular formula is C21H21O14-. The Kier molecular flexibility index (Phi) is 9.75. The van der Waals surface area contributed by atoms with Gasteiger partial charge in [-0.25, -0.2) is 28.8 Å². The highest BCUT2D eigenvalue weighted by atomic mass is 16.6. The van der Waals surface area contributed by atoms with Crippen molar-refractivity contribution in [2.75, 3.05) is 49.8 Å². The second-order valence-corrected chi connectivity index (χ2v) is 6.07. The van der Waals surface area contributed by atoms with Gasteiger partial charge in [-0.1, -0.05) is 0 Å². The van der Waals surface area contributed by atoms with Crippen molar-refractivity contribution in [1.82, 2.24) is 0 Å². The van der Waals surface area contributed by atoms with Gasteiger partial charge in [0.2, 0.25) is 0 Å². The first-order chi connectivity index (χ1) is 16.5. The molecule has 190 valence electrons. The Bertz CT molecular complexity index is 1020. The number of ether oxygens (including phenoxy) is 7. The maximum atomic E-state index is 12.9. The molecule has 0 fully saturated rings. The third-order valence-corrected chi connectivity index (χ3v) is 4.48.